The Labute approximate surface area is 126 Å². The molecule has 0 aliphatic carbocycles. The van der Waals surface area contributed by atoms with E-state index in [9.17, 15) is 9.59 Å². The summed E-state index contributed by atoms with van der Waals surface area (Å²) in [7, 11) is 2.05. The number of carbonyl (C=O) groups excluding carboxylic acids is 2. The molecular formula is C17H24N2O2. The van der Waals surface area contributed by atoms with Crippen LogP contribution in [0.1, 0.15) is 47.9 Å². The second-order valence-electron chi connectivity index (χ2n) is 6.27. The fraction of sp³-hybridized carbons (Fsp3) is 0.529. The Hall–Kier alpha value is -1.68. The largest absolute Gasteiger partial charge is 0.302 e. The van der Waals surface area contributed by atoms with Crippen molar-refractivity contribution in [3.8, 4) is 0 Å². The van der Waals surface area contributed by atoms with Gasteiger partial charge in [-0.2, -0.15) is 0 Å². The molecule has 4 nitrogen and oxygen atoms in total. The van der Waals surface area contributed by atoms with E-state index in [0.717, 1.165) is 6.42 Å². The van der Waals surface area contributed by atoms with E-state index in [4.69, 9.17) is 0 Å². The first-order valence-corrected chi connectivity index (χ1v) is 7.57. The van der Waals surface area contributed by atoms with E-state index in [1.165, 1.54) is 4.90 Å². The van der Waals surface area contributed by atoms with Crippen molar-refractivity contribution >= 4 is 11.8 Å². The molecule has 1 aliphatic rings. The highest BCUT2D eigenvalue weighted by Crippen LogP contribution is 2.22. The number of carbonyl (C=O) groups is 2. The van der Waals surface area contributed by atoms with Gasteiger partial charge in [-0.25, -0.2) is 0 Å². The predicted molar refractivity (Wildman–Crippen MR) is 83.4 cm³/mol. The van der Waals surface area contributed by atoms with E-state index in [2.05, 4.69) is 25.7 Å². The number of benzene rings is 1. The standard InChI is InChI=1S/C17H24N2O2/c1-12(2)11-13(3)18(4)9-10-19-16(20)14-7-5-6-8-15(14)17(19)21/h5-8,12-13H,9-11H2,1-4H3. The van der Waals surface area contributed by atoms with E-state index in [1.54, 1.807) is 24.3 Å². The van der Waals surface area contributed by atoms with E-state index in [0.29, 0.717) is 36.2 Å². The minimum atomic E-state index is -0.166. The van der Waals surface area contributed by atoms with Crippen molar-refractivity contribution in [2.45, 2.75) is 33.2 Å². The van der Waals surface area contributed by atoms with Crippen molar-refractivity contribution in [2.24, 2.45) is 5.92 Å². The number of hydrogen-bond acceptors (Lipinski definition) is 3. The summed E-state index contributed by atoms with van der Waals surface area (Å²) in [5, 5.41) is 0. The summed E-state index contributed by atoms with van der Waals surface area (Å²) in [6, 6.07) is 7.48. The van der Waals surface area contributed by atoms with E-state index < -0.39 is 0 Å². The maximum absolute atomic E-state index is 12.3. The van der Waals surface area contributed by atoms with Gasteiger partial charge in [0, 0.05) is 19.1 Å². The molecule has 1 heterocycles. The molecule has 1 atom stereocenters. The summed E-state index contributed by atoms with van der Waals surface area (Å²) < 4.78 is 0. The summed E-state index contributed by atoms with van der Waals surface area (Å²) >= 11 is 0. The Balaban J connectivity index is 1.96. The normalized spacial score (nSPS) is 16.0. The van der Waals surface area contributed by atoms with Crippen molar-refractivity contribution in [3.05, 3.63) is 35.4 Å². The molecule has 2 rings (SSSR count). The zero-order chi connectivity index (χ0) is 15.6. The van der Waals surface area contributed by atoms with E-state index in [-0.39, 0.29) is 11.8 Å². The van der Waals surface area contributed by atoms with Gasteiger partial charge in [0.2, 0.25) is 0 Å². The Morgan fingerprint density at radius 1 is 1.05 bits per heavy atom. The molecule has 0 radical (unpaired) electrons. The number of rotatable bonds is 6. The molecule has 0 aromatic heterocycles. The van der Waals surface area contributed by atoms with Gasteiger partial charge in [0.25, 0.3) is 11.8 Å². The summed E-state index contributed by atoms with van der Waals surface area (Å²) in [6.45, 7) is 7.75. The molecular weight excluding hydrogens is 264 g/mol. The monoisotopic (exact) mass is 288 g/mol. The molecule has 1 aromatic rings. The second kappa shape index (κ2) is 6.39. The van der Waals surface area contributed by atoms with Crippen LogP contribution in [0.3, 0.4) is 0 Å². The number of nitrogens with zero attached hydrogens (tertiary/aromatic N) is 2. The van der Waals surface area contributed by atoms with Gasteiger partial charge in [-0.15, -0.1) is 0 Å². The van der Waals surface area contributed by atoms with Gasteiger partial charge < -0.3 is 4.90 Å². The third-order valence-corrected chi connectivity index (χ3v) is 4.12. The van der Waals surface area contributed by atoms with Crippen molar-refractivity contribution in [1.29, 1.82) is 0 Å². The molecule has 0 saturated heterocycles. The molecule has 0 saturated carbocycles. The minimum absolute atomic E-state index is 0.166. The van der Waals surface area contributed by atoms with Crippen LogP contribution in [0.4, 0.5) is 0 Å². The zero-order valence-electron chi connectivity index (χ0n) is 13.3. The molecule has 0 bridgehead atoms. The van der Waals surface area contributed by atoms with Crippen LogP contribution < -0.4 is 0 Å². The van der Waals surface area contributed by atoms with Crippen LogP contribution in [0.25, 0.3) is 0 Å². The number of likely N-dealkylation sites (N-methyl/N-ethyl adjacent to an activating group) is 1. The average molecular weight is 288 g/mol. The van der Waals surface area contributed by atoms with Crippen molar-refractivity contribution in [3.63, 3.8) is 0 Å². The maximum Gasteiger partial charge on any atom is 0.261 e. The molecule has 0 fully saturated rings. The van der Waals surface area contributed by atoms with Crippen LogP contribution in [0.5, 0.6) is 0 Å². The first-order valence-electron chi connectivity index (χ1n) is 7.57. The lowest BCUT2D eigenvalue weighted by atomic mass is 10.0. The smallest absolute Gasteiger partial charge is 0.261 e. The highest BCUT2D eigenvalue weighted by atomic mass is 16.2. The van der Waals surface area contributed by atoms with Crippen LogP contribution in [0.2, 0.25) is 0 Å². The van der Waals surface area contributed by atoms with E-state index >= 15 is 0 Å². The van der Waals surface area contributed by atoms with Crippen molar-refractivity contribution < 1.29 is 9.59 Å². The SMILES string of the molecule is CC(C)CC(C)N(C)CCN1C(=O)c2ccccc2C1=O. The van der Waals surface area contributed by atoms with Crippen molar-refractivity contribution in [1.82, 2.24) is 9.80 Å². The van der Waals surface area contributed by atoms with Gasteiger partial charge in [0.1, 0.15) is 0 Å². The summed E-state index contributed by atoms with van der Waals surface area (Å²) in [6.07, 6.45) is 1.11. The Morgan fingerprint density at radius 3 is 2.05 bits per heavy atom. The number of imide groups is 1. The van der Waals surface area contributed by atoms with Crippen LogP contribution in [0.15, 0.2) is 24.3 Å². The lowest BCUT2D eigenvalue weighted by Gasteiger charge is -2.27. The van der Waals surface area contributed by atoms with Gasteiger partial charge in [-0.3, -0.25) is 14.5 Å². The molecule has 2 amide bonds. The Morgan fingerprint density at radius 2 is 1.57 bits per heavy atom. The lowest BCUT2D eigenvalue weighted by Crippen LogP contribution is -2.40. The topological polar surface area (TPSA) is 40.6 Å². The van der Waals surface area contributed by atoms with Crippen LogP contribution in [0, 0.1) is 5.92 Å². The molecule has 0 spiro atoms. The molecule has 0 N–H and O–H groups in total. The number of amides is 2. The molecule has 21 heavy (non-hydrogen) atoms. The first kappa shape index (κ1) is 15.7. The molecule has 1 aromatic carbocycles. The van der Waals surface area contributed by atoms with Crippen LogP contribution in [-0.4, -0.2) is 47.8 Å². The molecule has 114 valence electrons. The third-order valence-electron chi connectivity index (χ3n) is 4.12. The lowest BCUT2D eigenvalue weighted by molar-refractivity contribution is 0.0631. The fourth-order valence-corrected chi connectivity index (χ4v) is 2.78. The predicted octanol–water partition coefficient (Wildman–Crippen LogP) is 2.65. The quantitative estimate of drug-likeness (QED) is 0.756. The van der Waals surface area contributed by atoms with Crippen LogP contribution in [-0.2, 0) is 0 Å². The van der Waals surface area contributed by atoms with Crippen molar-refractivity contribution in [2.75, 3.05) is 20.1 Å². The zero-order valence-corrected chi connectivity index (χ0v) is 13.3. The molecule has 1 aliphatic heterocycles. The Bertz CT molecular complexity index is 504. The average Bonchev–Trinajstić information content (AvgIpc) is 2.68. The number of fused-ring (bicyclic) bond motifs is 1. The highest BCUT2D eigenvalue weighted by Gasteiger charge is 2.34. The maximum atomic E-state index is 12.3. The van der Waals surface area contributed by atoms with Gasteiger partial charge in [0.15, 0.2) is 0 Å². The minimum Gasteiger partial charge on any atom is -0.302 e. The van der Waals surface area contributed by atoms with E-state index in [1.807, 2.05) is 7.05 Å². The summed E-state index contributed by atoms with van der Waals surface area (Å²) in [5.41, 5.74) is 1.06. The van der Waals surface area contributed by atoms with Gasteiger partial charge in [-0.05, 0) is 38.4 Å². The fourth-order valence-electron chi connectivity index (χ4n) is 2.78. The molecule has 1 unspecified atom stereocenters. The van der Waals surface area contributed by atoms with Gasteiger partial charge in [-0.1, -0.05) is 26.0 Å². The van der Waals surface area contributed by atoms with Gasteiger partial charge in [0.05, 0.1) is 11.1 Å². The third kappa shape index (κ3) is 3.32. The molecule has 4 heteroatoms. The van der Waals surface area contributed by atoms with Crippen LogP contribution >= 0.6 is 0 Å². The van der Waals surface area contributed by atoms with Gasteiger partial charge >= 0.3 is 0 Å². The Kier molecular flexibility index (Phi) is 4.78. The second-order valence-corrected chi connectivity index (χ2v) is 6.27. The first-order chi connectivity index (χ1) is 9.91. The highest BCUT2D eigenvalue weighted by molar-refractivity contribution is 6.21. The summed E-state index contributed by atoms with van der Waals surface area (Å²) in [4.78, 5) is 28.1. The summed E-state index contributed by atoms with van der Waals surface area (Å²) in [5.74, 6) is 0.308. The number of hydrogen-bond donors (Lipinski definition) is 0.